The number of phenolic OH excluding ortho intramolecular Hbond substituents is 1. The maximum atomic E-state index is 12.5. The van der Waals surface area contributed by atoms with Crippen LogP contribution in [-0.4, -0.2) is 22.4 Å². The molecule has 2 saturated carbocycles. The molecule has 0 bridgehead atoms. The smallest absolute Gasteiger partial charge is 0.127 e. The monoisotopic (exact) mass is 661 g/mol. The number of phenols is 1. The van der Waals surface area contributed by atoms with Crippen LogP contribution in [0.4, 0.5) is 5.69 Å². The molecule has 0 amide bonds. The summed E-state index contributed by atoms with van der Waals surface area (Å²) in [5.74, 6) is 0.934. The second kappa shape index (κ2) is 14.5. The van der Waals surface area contributed by atoms with Crippen LogP contribution in [0.3, 0.4) is 0 Å². The highest BCUT2D eigenvalue weighted by Gasteiger charge is 2.54. The quantitative estimate of drug-likeness (QED) is 0.173. The number of hydrogen-bond donors (Lipinski definition) is 1. The molecule has 2 atom stereocenters. The van der Waals surface area contributed by atoms with Gasteiger partial charge in [-0.3, -0.25) is 4.99 Å². The predicted octanol–water partition coefficient (Wildman–Crippen LogP) is 13.2. The van der Waals surface area contributed by atoms with Crippen molar-refractivity contribution in [2.75, 3.05) is 6.16 Å². The molecule has 49 heavy (non-hydrogen) atoms. The summed E-state index contributed by atoms with van der Waals surface area (Å²) in [6.07, 6.45) is 15.2. The largest absolute Gasteiger partial charge is 0.507 e. The summed E-state index contributed by atoms with van der Waals surface area (Å²) < 4.78 is 0. The Morgan fingerprint density at radius 2 is 1.02 bits per heavy atom. The van der Waals surface area contributed by atoms with Crippen molar-refractivity contribution in [2.45, 2.75) is 81.7 Å². The average molecular weight is 662 g/mol. The fourth-order valence-corrected chi connectivity index (χ4v) is 13.0. The molecule has 248 valence electrons. The Hall–Kier alpha value is -4.00. The van der Waals surface area contributed by atoms with Crippen LogP contribution < -0.4 is 0 Å². The van der Waals surface area contributed by atoms with Crippen molar-refractivity contribution in [3.05, 3.63) is 133 Å². The number of rotatable bonds is 7. The van der Waals surface area contributed by atoms with Crippen molar-refractivity contribution in [1.29, 1.82) is 0 Å². The van der Waals surface area contributed by atoms with Gasteiger partial charge in [0.05, 0.1) is 11.1 Å². The van der Waals surface area contributed by atoms with Gasteiger partial charge in [-0.15, -0.1) is 0 Å². The van der Waals surface area contributed by atoms with E-state index in [4.69, 9.17) is 4.99 Å². The molecule has 3 fully saturated rings. The minimum atomic E-state index is -0.487. The second-order valence-corrected chi connectivity index (χ2v) is 17.0. The summed E-state index contributed by atoms with van der Waals surface area (Å²) in [5.41, 5.74) is 10.9. The first-order valence-corrected chi connectivity index (χ1v) is 20.3. The minimum Gasteiger partial charge on any atom is -0.507 e. The molecule has 5 aromatic rings. The lowest BCUT2D eigenvalue weighted by atomic mass is 9.63. The zero-order chi connectivity index (χ0) is 33.0. The van der Waals surface area contributed by atoms with E-state index in [0.29, 0.717) is 17.3 Å². The van der Waals surface area contributed by atoms with E-state index in [2.05, 4.69) is 127 Å². The van der Waals surface area contributed by atoms with Gasteiger partial charge in [-0.05, 0) is 66.5 Å². The zero-order valence-corrected chi connectivity index (χ0v) is 29.5. The second-order valence-electron chi connectivity index (χ2n) is 14.5. The van der Waals surface area contributed by atoms with Gasteiger partial charge in [0.1, 0.15) is 5.75 Å². The van der Waals surface area contributed by atoms with Crippen LogP contribution in [0.5, 0.6) is 5.75 Å². The highest BCUT2D eigenvalue weighted by Crippen LogP contribution is 2.66. The van der Waals surface area contributed by atoms with Gasteiger partial charge in [0.2, 0.25) is 0 Å². The summed E-state index contributed by atoms with van der Waals surface area (Å²) in [7, 11) is -0.487. The van der Waals surface area contributed by atoms with Crippen molar-refractivity contribution in [3.63, 3.8) is 0 Å². The first kappa shape index (κ1) is 32.2. The highest BCUT2D eigenvalue weighted by atomic mass is 31.1. The lowest BCUT2D eigenvalue weighted by Crippen LogP contribution is -2.41. The van der Waals surface area contributed by atoms with Crippen LogP contribution in [0.1, 0.15) is 76.2 Å². The molecule has 2 nitrogen and oxygen atoms in total. The van der Waals surface area contributed by atoms with Gasteiger partial charge < -0.3 is 5.11 Å². The summed E-state index contributed by atoms with van der Waals surface area (Å²) in [5, 5.41) is 12.5. The topological polar surface area (TPSA) is 32.6 Å². The van der Waals surface area contributed by atoms with Gasteiger partial charge >= 0.3 is 0 Å². The molecular weight excluding hydrogens is 613 g/mol. The number of aromatic hydroxyl groups is 1. The SMILES string of the molecule is Oc1c(-c2ccccc2)cccc1C1(C2CCCCC2)CCP(C2CCCCC2)C1=Nc1c(-c2ccccc2)cccc1-c1ccccc1. The fraction of sp³-hybridized carbons (Fsp3) is 0.326. The number of hydrogen-bond acceptors (Lipinski definition) is 2. The Labute approximate surface area is 294 Å². The van der Waals surface area contributed by atoms with Crippen molar-refractivity contribution in [1.82, 2.24) is 0 Å². The summed E-state index contributed by atoms with van der Waals surface area (Å²) in [6, 6.07) is 45.5. The molecule has 0 aromatic heterocycles. The van der Waals surface area contributed by atoms with Crippen LogP contribution in [0.15, 0.2) is 132 Å². The highest BCUT2D eigenvalue weighted by molar-refractivity contribution is 7.76. The molecule has 1 saturated heterocycles. The number of nitrogens with zero attached hydrogens (tertiary/aromatic N) is 1. The predicted molar refractivity (Wildman–Crippen MR) is 209 cm³/mol. The molecule has 1 N–H and O–H groups in total. The Morgan fingerprint density at radius 3 is 1.59 bits per heavy atom. The lowest BCUT2D eigenvalue weighted by molar-refractivity contribution is 0.257. The van der Waals surface area contributed by atoms with Crippen molar-refractivity contribution in [2.24, 2.45) is 10.9 Å². The van der Waals surface area contributed by atoms with Gasteiger partial charge in [-0.2, -0.15) is 0 Å². The van der Waals surface area contributed by atoms with Crippen LogP contribution in [-0.2, 0) is 5.41 Å². The summed E-state index contributed by atoms with van der Waals surface area (Å²) in [6.45, 7) is 0. The molecule has 2 aliphatic carbocycles. The van der Waals surface area contributed by atoms with E-state index in [1.165, 1.54) is 98.1 Å². The number of benzene rings is 5. The maximum Gasteiger partial charge on any atom is 0.127 e. The number of para-hydroxylation sites is 2. The summed E-state index contributed by atoms with van der Waals surface area (Å²) >= 11 is 0. The molecule has 2 unspecified atom stereocenters. The van der Waals surface area contributed by atoms with Crippen LogP contribution in [0, 0.1) is 5.92 Å². The maximum absolute atomic E-state index is 12.5. The van der Waals surface area contributed by atoms with E-state index in [0.717, 1.165) is 28.8 Å². The van der Waals surface area contributed by atoms with E-state index in [1.807, 2.05) is 0 Å². The first-order valence-electron chi connectivity index (χ1n) is 18.7. The molecule has 5 aromatic carbocycles. The Balaban J connectivity index is 1.41. The van der Waals surface area contributed by atoms with E-state index < -0.39 is 7.92 Å². The molecule has 0 spiro atoms. The third-order valence-corrected chi connectivity index (χ3v) is 14.9. The number of aliphatic imine (C=N–C) groups is 1. The third-order valence-electron chi connectivity index (χ3n) is 11.8. The summed E-state index contributed by atoms with van der Waals surface area (Å²) in [4.78, 5) is 6.15. The molecule has 0 radical (unpaired) electrons. The van der Waals surface area contributed by atoms with Gasteiger partial charge in [0, 0.05) is 27.7 Å². The van der Waals surface area contributed by atoms with E-state index in [-0.39, 0.29) is 5.41 Å². The van der Waals surface area contributed by atoms with Gasteiger partial charge in [0.25, 0.3) is 0 Å². The molecule has 3 heteroatoms. The van der Waals surface area contributed by atoms with E-state index in [9.17, 15) is 5.11 Å². The Bertz CT molecular complexity index is 1830. The normalized spacial score (nSPS) is 22.8. The lowest BCUT2D eigenvalue weighted by Gasteiger charge is -2.43. The molecule has 1 aliphatic heterocycles. The van der Waals surface area contributed by atoms with E-state index in [1.54, 1.807) is 0 Å². The standard InChI is InChI=1S/C46H48NOP/c48-44-41(36-22-10-3-11-23-36)30-17-31-42(44)46(37-24-12-4-13-25-37)32-33-49(38-26-14-5-15-27-38)45(46)47-43-39(34-18-6-1-7-19-34)28-16-29-40(43)35-20-8-2-9-21-35/h1-3,6-11,16-23,28-31,37-38,48H,4-5,12-15,24-27,32-33H2. The Kier molecular flexibility index (Phi) is 9.51. The van der Waals surface area contributed by atoms with Crippen LogP contribution in [0.2, 0.25) is 0 Å². The Morgan fingerprint density at radius 1 is 0.531 bits per heavy atom. The van der Waals surface area contributed by atoms with Crippen LogP contribution >= 0.6 is 7.92 Å². The molecular formula is C46H48NOP. The van der Waals surface area contributed by atoms with E-state index >= 15 is 0 Å². The van der Waals surface area contributed by atoms with Crippen molar-refractivity contribution in [3.8, 4) is 39.1 Å². The van der Waals surface area contributed by atoms with Gasteiger partial charge in [-0.1, -0.05) is 174 Å². The third kappa shape index (κ3) is 6.19. The molecule has 1 heterocycles. The van der Waals surface area contributed by atoms with Gasteiger partial charge in [0.15, 0.2) is 0 Å². The van der Waals surface area contributed by atoms with Crippen molar-refractivity contribution < 1.29 is 5.11 Å². The van der Waals surface area contributed by atoms with Gasteiger partial charge in [-0.25, -0.2) is 0 Å². The fourth-order valence-electron chi connectivity index (χ4n) is 9.37. The molecule has 3 aliphatic rings. The van der Waals surface area contributed by atoms with Crippen LogP contribution in [0.25, 0.3) is 33.4 Å². The first-order chi connectivity index (χ1) is 24.2. The van der Waals surface area contributed by atoms with Crippen molar-refractivity contribution >= 4 is 19.1 Å². The molecule has 8 rings (SSSR count). The zero-order valence-electron chi connectivity index (χ0n) is 28.6. The average Bonchev–Trinajstić information content (AvgIpc) is 3.56. The minimum absolute atomic E-state index is 0.282.